The molecular formula is C29H25NO. The Labute approximate surface area is 183 Å². The predicted octanol–water partition coefficient (Wildman–Crippen LogP) is 7.25. The van der Waals surface area contributed by atoms with Crippen LogP contribution in [0.5, 0.6) is 5.75 Å². The van der Waals surface area contributed by atoms with Gasteiger partial charge in [-0.2, -0.15) is 0 Å². The van der Waals surface area contributed by atoms with Crippen molar-refractivity contribution in [2.24, 2.45) is 5.92 Å². The van der Waals surface area contributed by atoms with Gasteiger partial charge in [-0.25, -0.2) is 0 Å². The van der Waals surface area contributed by atoms with E-state index in [9.17, 15) is 0 Å². The molecule has 4 aromatic carbocycles. The Kier molecular flexibility index (Phi) is 4.49. The molecule has 31 heavy (non-hydrogen) atoms. The van der Waals surface area contributed by atoms with Crippen molar-refractivity contribution in [3.8, 4) is 5.75 Å². The Bertz CT molecular complexity index is 1240. The third kappa shape index (κ3) is 3.29. The Morgan fingerprint density at radius 1 is 0.806 bits per heavy atom. The number of anilines is 1. The number of fused-ring (bicyclic) bond motifs is 5. The molecule has 2 nitrogen and oxygen atoms in total. The normalized spacial score (nSPS) is 21.4. The zero-order valence-corrected chi connectivity index (χ0v) is 17.4. The van der Waals surface area contributed by atoms with E-state index in [2.05, 4.69) is 90.3 Å². The van der Waals surface area contributed by atoms with Gasteiger partial charge in [0, 0.05) is 17.0 Å². The lowest BCUT2D eigenvalue weighted by Crippen LogP contribution is -2.29. The third-order valence-corrected chi connectivity index (χ3v) is 6.75. The minimum Gasteiger partial charge on any atom is -0.489 e. The summed E-state index contributed by atoms with van der Waals surface area (Å²) in [7, 11) is 0. The second-order valence-electron chi connectivity index (χ2n) is 8.57. The van der Waals surface area contributed by atoms with Crippen molar-refractivity contribution >= 4 is 16.5 Å². The van der Waals surface area contributed by atoms with Gasteiger partial charge in [0.1, 0.15) is 12.4 Å². The van der Waals surface area contributed by atoms with Gasteiger partial charge in [-0.15, -0.1) is 0 Å². The molecule has 4 aromatic rings. The lowest BCUT2D eigenvalue weighted by molar-refractivity contribution is 0.306. The molecule has 6 rings (SSSR count). The highest BCUT2D eigenvalue weighted by molar-refractivity contribution is 5.96. The van der Waals surface area contributed by atoms with Crippen molar-refractivity contribution in [3.63, 3.8) is 0 Å². The molecule has 1 aliphatic carbocycles. The fraction of sp³-hybridized carbons (Fsp3) is 0.172. The SMILES string of the molecule is C1=CC2c3ccc4ccccc4c3NC(c3ccc(OCc4ccccc4)cc3)C2C1. The molecule has 1 heterocycles. The summed E-state index contributed by atoms with van der Waals surface area (Å²) in [5, 5.41) is 6.53. The first-order valence-electron chi connectivity index (χ1n) is 11.1. The van der Waals surface area contributed by atoms with Crippen LogP contribution in [0, 0.1) is 5.92 Å². The lowest BCUT2D eigenvalue weighted by atomic mass is 9.76. The largest absolute Gasteiger partial charge is 0.489 e. The number of benzene rings is 4. The van der Waals surface area contributed by atoms with Crippen molar-refractivity contribution in [1.29, 1.82) is 0 Å². The molecule has 0 aromatic heterocycles. The van der Waals surface area contributed by atoms with Gasteiger partial charge in [0.25, 0.3) is 0 Å². The highest BCUT2D eigenvalue weighted by Gasteiger charge is 2.38. The molecule has 0 saturated carbocycles. The number of nitrogens with one attached hydrogen (secondary N) is 1. The molecule has 3 atom stereocenters. The van der Waals surface area contributed by atoms with Crippen molar-refractivity contribution in [2.75, 3.05) is 5.32 Å². The third-order valence-electron chi connectivity index (χ3n) is 6.75. The number of ether oxygens (including phenoxy) is 1. The van der Waals surface area contributed by atoms with Crippen LogP contribution in [0.4, 0.5) is 5.69 Å². The van der Waals surface area contributed by atoms with Crippen molar-refractivity contribution in [3.05, 3.63) is 120 Å². The van der Waals surface area contributed by atoms with Gasteiger partial charge in [0.2, 0.25) is 0 Å². The summed E-state index contributed by atoms with van der Waals surface area (Å²) in [5.74, 6) is 1.93. The maximum absolute atomic E-state index is 6.00. The van der Waals surface area contributed by atoms with Gasteiger partial charge in [-0.1, -0.05) is 91.0 Å². The average molecular weight is 404 g/mol. The quantitative estimate of drug-likeness (QED) is 0.362. The first-order chi connectivity index (χ1) is 15.4. The molecule has 3 unspecified atom stereocenters. The zero-order valence-electron chi connectivity index (χ0n) is 17.4. The Hall–Kier alpha value is -3.52. The molecule has 0 radical (unpaired) electrons. The standard InChI is InChI=1S/C29H25NO/c1-2-7-20(8-3-1)19-31-23-16-13-22(14-17-23)28-26-12-6-11-25(26)27-18-15-21-9-4-5-10-24(21)29(27)30-28/h1-11,13-18,25-26,28,30H,12,19H2. The summed E-state index contributed by atoms with van der Waals surface area (Å²) in [6.45, 7) is 0.593. The number of hydrogen-bond acceptors (Lipinski definition) is 2. The lowest BCUT2D eigenvalue weighted by Gasteiger charge is -2.38. The number of allylic oxidation sites excluding steroid dienone is 2. The minimum atomic E-state index is 0.293. The summed E-state index contributed by atoms with van der Waals surface area (Å²) in [4.78, 5) is 0. The topological polar surface area (TPSA) is 21.3 Å². The van der Waals surface area contributed by atoms with Crippen LogP contribution < -0.4 is 10.1 Å². The highest BCUT2D eigenvalue weighted by Crippen LogP contribution is 2.51. The number of hydrogen-bond donors (Lipinski definition) is 1. The first-order valence-corrected chi connectivity index (χ1v) is 11.1. The Morgan fingerprint density at radius 2 is 1.61 bits per heavy atom. The molecule has 1 N–H and O–H groups in total. The van der Waals surface area contributed by atoms with Crippen LogP contribution in [0.15, 0.2) is 103 Å². The molecular weight excluding hydrogens is 378 g/mol. The molecule has 0 saturated heterocycles. The van der Waals surface area contributed by atoms with Crippen LogP contribution in [0.1, 0.15) is 35.1 Å². The minimum absolute atomic E-state index is 0.293. The van der Waals surface area contributed by atoms with E-state index < -0.39 is 0 Å². The van der Waals surface area contributed by atoms with Crippen LogP contribution in [0.2, 0.25) is 0 Å². The second-order valence-corrected chi connectivity index (χ2v) is 8.57. The molecule has 1 aliphatic heterocycles. The van der Waals surface area contributed by atoms with Crippen molar-refractivity contribution < 1.29 is 4.74 Å². The van der Waals surface area contributed by atoms with Gasteiger partial charge in [-0.05, 0) is 46.5 Å². The fourth-order valence-electron chi connectivity index (χ4n) is 5.18. The van der Waals surface area contributed by atoms with Crippen molar-refractivity contribution in [1.82, 2.24) is 0 Å². The summed E-state index contributed by atoms with van der Waals surface area (Å²) in [6, 6.07) is 32.5. The summed E-state index contributed by atoms with van der Waals surface area (Å²) < 4.78 is 6.00. The van der Waals surface area contributed by atoms with E-state index >= 15 is 0 Å². The Morgan fingerprint density at radius 3 is 2.48 bits per heavy atom. The molecule has 0 bridgehead atoms. The van der Waals surface area contributed by atoms with Crippen molar-refractivity contribution in [2.45, 2.75) is 25.0 Å². The predicted molar refractivity (Wildman–Crippen MR) is 128 cm³/mol. The second kappa shape index (κ2) is 7.63. The van der Waals surface area contributed by atoms with E-state index in [-0.39, 0.29) is 0 Å². The molecule has 2 heteroatoms. The molecule has 0 amide bonds. The zero-order chi connectivity index (χ0) is 20.6. The van der Waals surface area contributed by atoms with Gasteiger partial charge in [0.05, 0.1) is 6.04 Å². The summed E-state index contributed by atoms with van der Waals surface area (Å²) in [6.07, 6.45) is 5.87. The summed E-state index contributed by atoms with van der Waals surface area (Å²) in [5.41, 5.74) is 5.23. The first kappa shape index (κ1) is 18.3. The van der Waals surface area contributed by atoms with E-state index in [4.69, 9.17) is 4.74 Å². The smallest absolute Gasteiger partial charge is 0.119 e. The van der Waals surface area contributed by atoms with E-state index in [1.165, 1.54) is 33.2 Å². The number of rotatable bonds is 4. The van der Waals surface area contributed by atoms with Crippen LogP contribution in [0.3, 0.4) is 0 Å². The highest BCUT2D eigenvalue weighted by atomic mass is 16.5. The van der Waals surface area contributed by atoms with Gasteiger partial charge in [0.15, 0.2) is 0 Å². The molecule has 2 aliphatic rings. The fourth-order valence-corrected chi connectivity index (χ4v) is 5.18. The van der Waals surface area contributed by atoms with Crippen LogP contribution in [0.25, 0.3) is 10.8 Å². The van der Waals surface area contributed by atoms with Crippen LogP contribution >= 0.6 is 0 Å². The Balaban J connectivity index is 1.29. The van der Waals surface area contributed by atoms with Crippen LogP contribution in [-0.4, -0.2) is 0 Å². The van der Waals surface area contributed by atoms with E-state index in [0.29, 0.717) is 24.5 Å². The van der Waals surface area contributed by atoms with E-state index in [0.717, 1.165) is 12.2 Å². The van der Waals surface area contributed by atoms with E-state index in [1.54, 1.807) is 0 Å². The van der Waals surface area contributed by atoms with E-state index in [1.807, 2.05) is 18.2 Å². The molecule has 152 valence electrons. The molecule has 0 spiro atoms. The monoisotopic (exact) mass is 403 g/mol. The maximum atomic E-state index is 6.00. The van der Waals surface area contributed by atoms with Gasteiger partial charge in [-0.3, -0.25) is 0 Å². The molecule has 0 fully saturated rings. The average Bonchev–Trinajstić information content (AvgIpc) is 3.33. The van der Waals surface area contributed by atoms with Gasteiger partial charge < -0.3 is 10.1 Å². The van der Waals surface area contributed by atoms with Crippen LogP contribution in [-0.2, 0) is 6.61 Å². The maximum Gasteiger partial charge on any atom is 0.119 e. The van der Waals surface area contributed by atoms with Gasteiger partial charge >= 0.3 is 0 Å². The summed E-state index contributed by atoms with van der Waals surface area (Å²) >= 11 is 0.